The average molecular weight is 205 g/mol. The van der Waals surface area contributed by atoms with Gasteiger partial charge in [0.25, 0.3) is 0 Å². The second-order valence-corrected chi connectivity index (χ2v) is 3.34. The third kappa shape index (κ3) is 2.41. The van der Waals surface area contributed by atoms with E-state index in [1.165, 1.54) is 0 Å². The normalized spacial score (nSPS) is 10.5. The van der Waals surface area contributed by atoms with Gasteiger partial charge >= 0.3 is 0 Å². The first-order valence-corrected chi connectivity index (χ1v) is 4.69. The molecule has 0 unspecified atom stereocenters. The van der Waals surface area contributed by atoms with Gasteiger partial charge in [0.2, 0.25) is 0 Å². The fraction of sp³-hybridized carbons (Fsp3) is 0.400. The molecule has 0 atom stereocenters. The summed E-state index contributed by atoms with van der Waals surface area (Å²) in [5.41, 5.74) is 0.746. The molecule has 72 valence electrons. The van der Waals surface area contributed by atoms with Crippen LogP contribution in [0.1, 0.15) is 17.5 Å². The van der Waals surface area contributed by atoms with E-state index in [4.69, 9.17) is 11.6 Å². The van der Waals surface area contributed by atoms with Crippen molar-refractivity contribution in [3.05, 3.63) is 34.9 Å². The Hall–Kier alpha value is -0.630. The van der Waals surface area contributed by atoms with Crippen molar-refractivity contribution in [1.29, 1.82) is 0 Å². The van der Waals surface area contributed by atoms with Crippen LogP contribution in [0.3, 0.4) is 0 Å². The summed E-state index contributed by atoms with van der Waals surface area (Å²) in [5, 5.41) is 0. The van der Waals surface area contributed by atoms with Crippen LogP contribution >= 0.6 is 11.6 Å². The van der Waals surface area contributed by atoms with Crippen molar-refractivity contribution in [2.75, 3.05) is 5.88 Å². The molecule has 3 heteroatoms. The van der Waals surface area contributed by atoms with E-state index in [9.17, 15) is 8.78 Å². The number of rotatable bonds is 3. The van der Waals surface area contributed by atoms with Crippen LogP contribution in [0.15, 0.2) is 12.1 Å². The maximum Gasteiger partial charge on any atom is 0.162 e. The summed E-state index contributed by atoms with van der Waals surface area (Å²) in [6, 6.07) is 3.20. The zero-order valence-electron chi connectivity index (χ0n) is 7.41. The smallest absolute Gasteiger partial charge is 0.162 e. The molecule has 0 saturated carbocycles. The van der Waals surface area contributed by atoms with Crippen molar-refractivity contribution in [1.82, 2.24) is 0 Å². The summed E-state index contributed by atoms with van der Waals surface area (Å²) in [6.45, 7) is 1.55. The van der Waals surface area contributed by atoms with Crippen molar-refractivity contribution >= 4 is 11.6 Å². The van der Waals surface area contributed by atoms with Crippen LogP contribution in [0.4, 0.5) is 8.78 Å². The van der Waals surface area contributed by atoms with Crippen LogP contribution in [-0.2, 0) is 6.42 Å². The lowest BCUT2D eigenvalue weighted by Crippen LogP contribution is -1.97. The standard InChI is InChI=1S/C10H11ClF2/c1-7-4-5-8(3-2-6-11)10(13)9(7)12/h4-5H,2-3,6H2,1H3. The number of hydrogen-bond acceptors (Lipinski definition) is 0. The Labute approximate surface area is 81.5 Å². The highest BCUT2D eigenvalue weighted by Crippen LogP contribution is 2.16. The molecule has 1 aromatic rings. The summed E-state index contributed by atoms with van der Waals surface area (Å²) < 4.78 is 26.2. The van der Waals surface area contributed by atoms with Gasteiger partial charge in [-0.15, -0.1) is 11.6 Å². The molecule has 0 fully saturated rings. The van der Waals surface area contributed by atoms with E-state index in [2.05, 4.69) is 0 Å². The Morgan fingerprint density at radius 1 is 1.23 bits per heavy atom. The molecule has 1 rings (SSSR count). The summed E-state index contributed by atoms with van der Waals surface area (Å²) in [7, 11) is 0. The van der Waals surface area contributed by atoms with Crippen LogP contribution in [0.25, 0.3) is 0 Å². The molecule has 0 N–H and O–H groups in total. The van der Waals surface area contributed by atoms with Crippen molar-refractivity contribution in [3.63, 3.8) is 0 Å². The van der Waals surface area contributed by atoms with Gasteiger partial charge in [-0.3, -0.25) is 0 Å². The highest BCUT2D eigenvalue weighted by Gasteiger charge is 2.09. The predicted molar refractivity (Wildman–Crippen MR) is 50.1 cm³/mol. The molecule has 1 aromatic carbocycles. The van der Waals surface area contributed by atoms with Crippen LogP contribution < -0.4 is 0 Å². The molecule has 0 aliphatic rings. The quantitative estimate of drug-likeness (QED) is 0.662. The van der Waals surface area contributed by atoms with E-state index < -0.39 is 11.6 Å². The second-order valence-electron chi connectivity index (χ2n) is 2.96. The Morgan fingerprint density at radius 3 is 2.54 bits per heavy atom. The zero-order valence-corrected chi connectivity index (χ0v) is 8.17. The number of benzene rings is 1. The van der Waals surface area contributed by atoms with Crippen molar-refractivity contribution in [2.24, 2.45) is 0 Å². The van der Waals surface area contributed by atoms with Gasteiger partial charge in [0.1, 0.15) is 0 Å². The lowest BCUT2D eigenvalue weighted by molar-refractivity contribution is 0.493. The minimum atomic E-state index is -0.743. The first-order chi connectivity index (χ1) is 6.16. The van der Waals surface area contributed by atoms with Crippen molar-refractivity contribution in [2.45, 2.75) is 19.8 Å². The maximum absolute atomic E-state index is 13.2. The molecule has 0 saturated heterocycles. The van der Waals surface area contributed by atoms with Gasteiger partial charge in [0.05, 0.1) is 0 Å². The maximum atomic E-state index is 13.2. The molecule has 0 aliphatic heterocycles. The summed E-state index contributed by atoms with van der Waals surface area (Å²) in [6.07, 6.45) is 1.16. The van der Waals surface area contributed by atoms with Gasteiger partial charge < -0.3 is 0 Å². The molecule has 0 aliphatic carbocycles. The summed E-state index contributed by atoms with van der Waals surface area (Å²) in [5.74, 6) is -1.01. The SMILES string of the molecule is Cc1ccc(CCCCl)c(F)c1F. The molecule has 0 spiro atoms. The molecule has 13 heavy (non-hydrogen) atoms. The van der Waals surface area contributed by atoms with Crippen molar-refractivity contribution in [3.8, 4) is 0 Å². The van der Waals surface area contributed by atoms with E-state index in [-0.39, 0.29) is 0 Å². The molecule has 0 heterocycles. The first-order valence-electron chi connectivity index (χ1n) is 4.16. The van der Waals surface area contributed by atoms with Gasteiger partial charge in [-0.1, -0.05) is 12.1 Å². The highest BCUT2D eigenvalue weighted by molar-refractivity contribution is 6.17. The number of alkyl halides is 1. The third-order valence-electron chi connectivity index (χ3n) is 1.94. The van der Waals surface area contributed by atoms with Crippen LogP contribution in [-0.4, -0.2) is 5.88 Å². The monoisotopic (exact) mass is 204 g/mol. The van der Waals surface area contributed by atoms with Gasteiger partial charge in [-0.2, -0.15) is 0 Å². The molecule has 0 aromatic heterocycles. The average Bonchev–Trinajstić information content (AvgIpc) is 2.13. The molecular weight excluding hydrogens is 194 g/mol. The zero-order chi connectivity index (χ0) is 9.84. The van der Waals surface area contributed by atoms with E-state index in [1.807, 2.05) is 0 Å². The fourth-order valence-corrected chi connectivity index (χ4v) is 1.27. The predicted octanol–water partition coefficient (Wildman–Crippen LogP) is 3.44. The van der Waals surface area contributed by atoms with Gasteiger partial charge in [-0.25, -0.2) is 8.78 Å². The molecule has 0 radical (unpaired) electrons. The molecule has 0 nitrogen and oxygen atoms in total. The third-order valence-corrected chi connectivity index (χ3v) is 2.20. The van der Waals surface area contributed by atoms with Crippen LogP contribution in [0.5, 0.6) is 0 Å². The molecule has 0 bridgehead atoms. The van der Waals surface area contributed by atoms with E-state index >= 15 is 0 Å². The highest BCUT2D eigenvalue weighted by atomic mass is 35.5. The number of hydrogen-bond donors (Lipinski definition) is 0. The molecular formula is C10H11ClF2. The van der Waals surface area contributed by atoms with E-state index in [0.717, 1.165) is 0 Å². The topological polar surface area (TPSA) is 0 Å². The van der Waals surface area contributed by atoms with Crippen LogP contribution in [0, 0.1) is 18.6 Å². The van der Waals surface area contributed by atoms with Crippen LogP contribution in [0.2, 0.25) is 0 Å². The minimum Gasteiger partial charge on any atom is -0.203 e. The first kappa shape index (κ1) is 10.5. The lowest BCUT2D eigenvalue weighted by atomic mass is 10.1. The van der Waals surface area contributed by atoms with E-state index in [0.29, 0.717) is 29.8 Å². The Kier molecular flexibility index (Phi) is 3.67. The van der Waals surface area contributed by atoms with Gasteiger partial charge in [0.15, 0.2) is 11.6 Å². The number of halogens is 3. The number of aryl methyl sites for hydroxylation is 2. The summed E-state index contributed by atoms with van der Waals surface area (Å²) >= 11 is 5.46. The minimum absolute atomic E-state index is 0.340. The second kappa shape index (κ2) is 4.56. The Balaban J connectivity index is 2.90. The Bertz CT molecular complexity index is 297. The van der Waals surface area contributed by atoms with Crippen molar-refractivity contribution < 1.29 is 8.78 Å². The van der Waals surface area contributed by atoms with Gasteiger partial charge in [-0.05, 0) is 30.9 Å². The Morgan fingerprint density at radius 2 is 1.92 bits per heavy atom. The molecule has 0 amide bonds. The lowest BCUT2D eigenvalue weighted by Gasteiger charge is -2.04. The summed E-state index contributed by atoms with van der Waals surface area (Å²) in [4.78, 5) is 0. The van der Waals surface area contributed by atoms with E-state index in [1.54, 1.807) is 19.1 Å². The van der Waals surface area contributed by atoms with Gasteiger partial charge in [0, 0.05) is 5.88 Å². The largest absolute Gasteiger partial charge is 0.203 e. The fourth-order valence-electron chi connectivity index (χ4n) is 1.14.